The molecule has 0 aromatic carbocycles. The van der Waals surface area contributed by atoms with E-state index in [9.17, 15) is 0 Å². The average Bonchev–Trinajstić information content (AvgIpc) is 2.16. The lowest BCUT2D eigenvalue weighted by molar-refractivity contribution is 0.0698. The van der Waals surface area contributed by atoms with Gasteiger partial charge in [-0.2, -0.15) is 0 Å². The van der Waals surface area contributed by atoms with Gasteiger partial charge < -0.3 is 15.5 Å². The third kappa shape index (κ3) is 3.23. The molecule has 0 bridgehead atoms. The molecule has 1 saturated heterocycles. The zero-order chi connectivity index (χ0) is 10.6. The molecule has 14 heavy (non-hydrogen) atoms. The van der Waals surface area contributed by atoms with Crippen LogP contribution in [0.1, 0.15) is 20.3 Å². The molecule has 3 heteroatoms. The SMILES string of the molecule is CC(C)C1CN(CCCN)CCN1C. The Morgan fingerprint density at radius 2 is 2.07 bits per heavy atom. The number of nitrogens with zero attached hydrogens (tertiary/aromatic N) is 2. The minimum atomic E-state index is 0.724. The standard InChI is InChI=1S/C11H25N3/c1-10(2)11-9-14(6-4-5-12)8-7-13(11)3/h10-11H,4-9,12H2,1-3H3. The summed E-state index contributed by atoms with van der Waals surface area (Å²) in [5.41, 5.74) is 5.53. The summed E-state index contributed by atoms with van der Waals surface area (Å²) in [5.74, 6) is 0.751. The van der Waals surface area contributed by atoms with Crippen molar-refractivity contribution in [1.29, 1.82) is 0 Å². The van der Waals surface area contributed by atoms with Crippen molar-refractivity contribution in [3.63, 3.8) is 0 Å². The summed E-state index contributed by atoms with van der Waals surface area (Å²) in [6.07, 6.45) is 1.13. The van der Waals surface area contributed by atoms with E-state index in [1.165, 1.54) is 26.2 Å². The van der Waals surface area contributed by atoms with Gasteiger partial charge in [-0.15, -0.1) is 0 Å². The maximum absolute atomic E-state index is 5.53. The quantitative estimate of drug-likeness (QED) is 0.720. The van der Waals surface area contributed by atoms with E-state index in [1.807, 2.05) is 0 Å². The van der Waals surface area contributed by atoms with E-state index in [4.69, 9.17) is 5.73 Å². The fourth-order valence-electron chi connectivity index (χ4n) is 2.20. The summed E-state index contributed by atoms with van der Waals surface area (Å²) in [5, 5.41) is 0. The molecule has 1 atom stereocenters. The highest BCUT2D eigenvalue weighted by Crippen LogP contribution is 2.15. The second-order valence-corrected chi connectivity index (χ2v) is 4.73. The molecule has 3 nitrogen and oxygen atoms in total. The Kier molecular flexibility index (Phi) is 4.85. The first-order valence-electron chi connectivity index (χ1n) is 5.77. The summed E-state index contributed by atoms with van der Waals surface area (Å²) in [6.45, 7) is 10.2. The third-order valence-corrected chi connectivity index (χ3v) is 3.23. The summed E-state index contributed by atoms with van der Waals surface area (Å²) < 4.78 is 0. The number of hydrogen-bond donors (Lipinski definition) is 1. The van der Waals surface area contributed by atoms with Gasteiger partial charge in [0.25, 0.3) is 0 Å². The van der Waals surface area contributed by atoms with Gasteiger partial charge in [-0.3, -0.25) is 0 Å². The highest BCUT2D eigenvalue weighted by Gasteiger charge is 2.25. The Hall–Kier alpha value is -0.120. The third-order valence-electron chi connectivity index (χ3n) is 3.23. The van der Waals surface area contributed by atoms with Crippen LogP contribution in [0.4, 0.5) is 0 Å². The Morgan fingerprint density at radius 3 is 2.64 bits per heavy atom. The molecule has 0 amide bonds. The molecule has 0 aromatic heterocycles. The van der Waals surface area contributed by atoms with E-state index in [0.717, 1.165) is 24.9 Å². The smallest absolute Gasteiger partial charge is 0.0243 e. The number of nitrogens with two attached hydrogens (primary N) is 1. The van der Waals surface area contributed by atoms with Crippen molar-refractivity contribution in [3.05, 3.63) is 0 Å². The minimum Gasteiger partial charge on any atom is -0.330 e. The van der Waals surface area contributed by atoms with Crippen LogP contribution in [-0.4, -0.2) is 55.6 Å². The number of piperazine rings is 1. The highest BCUT2D eigenvalue weighted by atomic mass is 15.3. The van der Waals surface area contributed by atoms with Crippen LogP contribution < -0.4 is 5.73 Å². The van der Waals surface area contributed by atoms with Gasteiger partial charge in [-0.05, 0) is 32.5 Å². The molecule has 1 heterocycles. The van der Waals surface area contributed by atoms with Gasteiger partial charge >= 0.3 is 0 Å². The average molecular weight is 199 g/mol. The maximum atomic E-state index is 5.53. The van der Waals surface area contributed by atoms with Crippen LogP contribution in [0.3, 0.4) is 0 Å². The molecule has 0 spiro atoms. The van der Waals surface area contributed by atoms with Crippen LogP contribution in [-0.2, 0) is 0 Å². The van der Waals surface area contributed by atoms with Crippen molar-refractivity contribution in [2.24, 2.45) is 11.7 Å². The molecule has 0 aromatic rings. The van der Waals surface area contributed by atoms with Gasteiger partial charge in [0.15, 0.2) is 0 Å². The second kappa shape index (κ2) is 5.69. The Labute approximate surface area is 88.2 Å². The number of likely N-dealkylation sites (N-methyl/N-ethyl adjacent to an activating group) is 1. The Balaban J connectivity index is 2.37. The molecule has 2 N–H and O–H groups in total. The molecule has 1 aliphatic rings. The van der Waals surface area contributed by atoms with E-state index in [2.05, 4.69) is 30.7 Å². The van der Waals surface area contributed by atoms with Gasteiger partial charge in [0.1, 0.15) is 0 Å². The van der Waals surface area contributed by atoms with Gasteiger partial charge in [0, 0.05) is 25.7 Å². The molecule has 1 aliphatic heterocycles. The minimum absolute atomic E-state index is 0.724. The van der Waals surface area contributed by atoms with E-state index >= 15 is 0 Å². The predicted octanol–water partition coefficient (Wildman–Crippen LogP) is 0.607. The lowest BCUT2D eigenvalue weighted by Gasteiger charge is -2.41. The largest absolute Gasteiger partial charge is 0.330 e. The van der Waals surface area contributed by atoms with Crippen LogP contribution in [0.25, 0.3) is 0 Å². The van der Waals surface area contributed by atoms with Crippen molar-refractivity contribution in [2.75, 3.05) is 39.8 Å². The molecule has 0 saturated carbocycles. The molecule has 1 fully saturated rings. The van der Waals surface area contributed by atoms with E-state index < -0.39 is 0 Å². The van der Waals surface area contributed by atoms with Gasteiger partial charge in [0.05, 0.1) is 0 Å². The van der Waals surface area contributed by atoms with Crippen LogP contribution in [0.15, 0.2) is 0 Å². The van der Waals surface area contributed by atoms with Gasteiger partial charge in [-0.1, -0.05) is 13.8 Å². The molecular weight excluding hydrogens is 174 g/mol. The maximum Gasteiger partial charge on any atom is 0.0243 e. The predicted molar refractivity (Wildman–Crippen MR) is 61.4 cm³/mol. The Morgan fingerprint density at radius 1 is 1.36 bits per heavy atom. The van der Waals surface area contributed by atoms with Crippen molar-refractivity contribution in [1.82, 2.24) is 9.80 Å². The summed E-state index contributed by atoms with van der Waals surface area (Å²) >= 11 is 0. The lowest BCUT2D eigenvalue weighted by atomic mass is 10.0. The van der Waals surface area contributed by atoms with Crippen molar-refractivity contribution in [3.8, 4) is 0 Å². The summed E-state index contributed by atoms with van der Waals surface area (Å²) in [4.78, 5) is 5.04. The zero-order valence-electron chi connectivity index (χ0n) is 9.87. The van der Waals surface area contributed by atoms with E-state index in [0.29, 0.717) is 0 Å². The van der Waals surface area contributed by atoms with Crippen molar-refractivity contribution < 1.29 is 0 Å². The van der Waals surface area contributed by atoms with Crippen LogP contribution in [0, 0.1) is 5.92 Å². The second-order valence-electron chi connectivity index (χ2n) is 4.73. The van der Waals surface area contributed by atoms with E-state index in [1.54, 1.807) is 0 Å². The Bertz CT molecular complexity index is 157. The fraction of sp³-hybridized carbons (Fsp3) is 1.00. The first-order chi connectivity index (χ1) is 6.65. The van der Waals surface area contributed by atoms with E-state index in [-0.39, 0.29) is 0 Å². The lowest BCUT2D eigenvalue weighted by Crippen LogP contribution is -2.53. The van der Waals surface area contributed by atoms with Crippen LogP contribution >= 0.6 is 0 Å². The molecule has 0 aliphatic carbocycles. The van der Waals surface area contributed by atoms with Crippen molar-refractivity contribution in [2.45, 2.75) is 26.3 Å². The van der Waals surface area contributed by atoms with Crippen LogP contribution in [0.5, 0.6) is 0 Å². The normalized spacial score (nSPS) is 25.9. The van der Waals surface area contributed by atoms with Gasteiger partial charge in [-0.25, -0.2) is 0 Å². The molecule has 1 rings (SSSR count). The fourth-order valence-corrected chi connectivity index (χ4v) is 2.20. The van der Waals surface area contributed by atoms with Gasteiger partial charge in [0.2, 0.25) is 0 Å². The molecule has 84 valence electrons. The monoisotopic (exact) mass is 199 g/mol. The first kappa shape index (κ1) is 12.0. The first-order valence-corrected chi connectivity index (χ1v) is 5.77. The zero-order valence-corrected chi connectivity index (χ0v) is 9.87. The van der Waals surface area contributed by atoms with Crippen LogP contribution in [0.2, 0.25) is 0 Å². The molecule has 0 radical (unpaired) electrons. The molecular formula is C11H25N3. The highest BCUT2D eigenvalue weighted by molar-refractivity contribution is 4.82. The topological polar surface area (TPSA) is 32.5 Å². The number of hydrogen-bond acceptors (Lipinski definition) is 3. The number of rotatable bonds is 4. The summed E-state index contributed by atoms with van der Waals surface area (Å²) in [6, 6.07) is 0.724. The van der Waals surface area contributed by atoms with Crippen molar-refractivity contribution >= 4 is 0 Å². The molecule has 1 unspecified atom stereocenters. The summed E-state index contributed by atoms with van der Waals surface area (Å²) in [7, 11) is 2.24.